The molecule has 2 aromatic rings. The predicted octanol–water partition coefficient (Wildman–Crippen LogP) is 2.69. The van der Waals surface area contributed by atoms with Crippen molar-refractivity contribution in [2.75, 3.05) is 38.5 Å². The number of carbonyl (C=O) groups excluding carboxylic acids is 1. The van der Waals surface area contributed by atoms with Crippen molar-refractivity contribution in [3.63, 3.8) is 0 Å². The van der Waals surface area contributed by atoms with Crippen molar-refractivity contribution in [3.05, 3.63) is 29.3 Å². The van der Waals surface area contributed by atoms with Crippen LogP contribution in [0, 0.1) is 5.92 Å². The lowest BCUT2D eigenvalue weighted by molar-refractivity contribution is -0.119. The fourth-order valence-electron chi connectivity index (χ4n) is 3.04. The molecule has 1 aliphatic heterocycles. The number of H-pyrrole nitrogens is 1. The Morgan fingerprint density at radius 2 is 2.21 bits per heavy atom. The molecular weight excluding hydrogens is 398 g/mol. The Balaban J connectivity index is 1.40. The van der Waals surface area contributed by atoms with Crippen LogP contribution < -0.4 is 5.32 Å². The summed E-state index contributed by atoms with van der Waals surface area (Å²) in [5.74, 6) is 1.50. The molecule has 0 aliphatic carbocycles. The summed E-state index contributed by atoms with van der Waals surface area (Å²) < 4.78 is 5.76. The maximum atomic E-state index is 12.2. The molecule has 0 bridgehead atoms. The van der Waals surface area contributed by atoms with Crippen LogP contribution in [0.3, 0.4) is 0 Å². The van der Waals surface area contributed by atoms with Gasteiger partial charge in [-0.15, -0.1) is 5.10 Å². The van der Waals surface area contributed by atoms with Gasteiger partial charge in [0.05, 0.1) is 18.5 Å². The Kier molecular flexibility index (Phi) is 7.73. The third-order valence-corrected chi connectivity index (χ3v) is 5.39. The highest BCUT2D eigenvalue weighted by molar-refractivity contribution is 7.99. The van der Waals surface area contributed by atoms with Crippen LogP contribution in [0.25, 0.3) is 11.4 Å². The fourth-order valence-corrected chi connectivity index (χ4v) is 3.80. The normalized spacial score (nSPS) is 17.8. The van der Waals surface area contributed by atoms with Crippen molar-refractivity contribution < 1.29 is 9.53 Å². The molecular formula is C19H26ClN5O2S. The minimum atomic E-state index is -0.0487. The molecule has 7 nitrogen and oxygen atoms in total. The zero-order chi connectivity index (χ0) is 19.9. The minimum Gasteiger partial charge on any atom is -0.374 e. The van der Waals surface area contributed by atoms with E-state index in [4.69, 9.17) is 16.3 Å². The number of amides is 1. The molecule has 0 radical (unpaired) electrons. The lowest BCUT2D eigenvalue weighted by Gasteiger charge is -2.33. The molecule has 1 aliphatic rings. The Morgan fingerprint density at radius 1 is 1.43 bits per heavy atom. The Labute approximate surface area is 174 Å². The minimum absolute atomic E-state index is 0.0430. The highest BCUT2D eigenvalue weighted by atomic mass is 35.5. The summed E-state index contributed by atoms with van der Waals surface area (Å²) in [5.41, 5.74) is 0.897. The smallest absolute Gasteiger partial charge is 0.230 e. The average Bonchev–Trinajstić information content (AvgIpc) is 3.14. The fraction of sp³-hybridized carbons (Fsp3) is 0.526. The van der Waals surface area contributed by atoms with Crippen molar-refractivity contribution >= 4 is 29.3 Å². The standard InChI is InChI=1S/C19H26ClN5O2S/c1-13(2)10-25-7-8-27-16(11-25)9-21-17(26)12-28-19-22-18(23-24-19)14-3-5-15(20)6-4-14/h3-6,13,16H,7-12H2,1-2H3,(H,21,26)(H,22,23,24). The van der Waals surface area contributed by atoms with Gasteiger partial charge in [0.25, 0.3) is 0 Å². The van der Waals surface area contributed by atoms with E-state index in [0.29, 0.717) is 35.1 Å². The Morgan fingerprint density at radius 3 is 2.96 bits per heavy atom. The second-order valence-corrected chi connectivity index (χ2v) is 8.59. The van der Waals surface area contributed by atoms with Gasteiger partial charge in [-0.05, 0) is 30.2 Å². The number of hydrogen-bond acceptors (Lipinski definition) is 6. The van der Waals surface area contributed by atoms with Crippen molar-refractivity contribution in [2.24, 2.45) is 5.92 Å². The van der Waals surface area contributed by atoms with E-state index in [1.807, 2.05) is 12.1 Å². The maximum absolute atomic E-state index is 12.2. The summed E-state index contributed by atoms with van der Waals surface area (Å²) in [6, 6.07) is 7.35. The molecule has 1 aromatic heterocycles. The molecule has 0 saturated carbocycles. The molecule has 1 saturated heterocycles. The summed E-state index contributed by atoms with van der Waals surface area (Å²) >= 11 is 7.20. The number of aromatic nitrogens is 3. The van der Waals surface area contributed by atoms with E-state index in [0.717, 1.165) is 25.2 Å². The first kappa shape index (κ1) is 21.1. The molecule has 1 aromatic carbocycles. The van der Waals surface area contributed by atoms with Gasteiger partial charge >= 0.3 is 0 Å². The SMILES string of the molecule is CC(C)CN1CCOC(CNC(=O)CSc2n[nH]c(-c3ccc(Cl)cc3)n2)C1. The highest BCUT2D eigenvalue weighted by Gasteiger charge is 2.21. The molecule has 0 spiro atoms. The molecule has 28 heavy (non-hydrogen) atoms. The van der Waals surface area contributed by atoms with Gasteiger partial charge in [0.2, 0.25) is 11.1 Å². The summed E-state index contributed by atoms with van der Waals surface area (Å²) in [6.07, 6.45) is 0.0430. The Bertz CT molecular complexity index is 768. The van der Waals surface area contributed by atoms with Crippen LogP contribution in [-0.4, -0.2) is 70.6 Å². The van der Waals surface area contributed by atoms with E-state index in [-0.39, 0.29) is 17.8 Å². The van der Waals surface area contributed by atoms with E-state index >= 15 is 0 Å². The second-order valence-electron chi connectivity index (χ2n) is 7.21. The number of morpholine rings is 1. The zero-order valence-electron chi connectivity index (χ0n) is 16.2. The number of benzene rings is 1. The lowest BCUT2D eigenvalue weighted by atomic mass is 10.2. The first-order chi connectivity index (χ1) is 13.5. The number of halogens is 1. The molecule has 9 heteroatoms. The summed E-state index contributed by atoms with van der Waals surface area (Å²) in [6.45, 7) is 8.54. The molecule has 3 rings (SSSR count). The third-order valence-electron chi connectivity index (χ3n) is 4.29. The lowest BCUT2D eigenvalue weighted by Crippen LogP contribution is -2.48. The molecule has 2 N–H and O–H groups in total. The van der Waals surface area contributed by atoms with Gasteiger partial charge in [0, 0.05) is 36.8 Å². The molecule has 1 unspecified atom stereocenters. The summed E-state index contributed by atoms with van der Waals surface area (Å²) in [7, 11) is 0. The molecule has 152 valence electrons. The number of nitrogens with one attached hydrogen (secondary N) is 2. The van der Waals surface area contributed by atoms with Gasteiger partial charge in [0.1, 0.15) is 0 Å². The predicted molar refractivity (Wildman–Crippen MR) is 112 cm³/mol. The monoisotopic (exact) mass is 423 g/mol. The van der Waals surface area contributed by atoms with Gasteiger partial charge < -0.3 is 10.1 Å². The zero-order valence-corrected chi connectivity index (χ0v) is 17.7. The molecule has 2 heterocycles. The molecule has 1 amide bonds. The highest BCUT2D eigenvalue weighted by Crippen LogP contribution is 2.20. The number of carbonyl (C=O) groups is 1. The Hall–Kier alpha value is -1.61. The van der Waals surface area contributed by atoms with E-state index < -0.39 is 0 Å². The van der Waals surface area contributed by atoms with Crippen molar-refractivity contribution in [1.82, 2.24) is 25.4 Å². The van der Waals surface area contributed by atoms with Crippen LogP contribution in [0.2, 0.25) is 5.02 Å². The van der Waals surface area contributed by atoms with Crippen LogP contribution in [-0.2, 0) is 9.53 Å². The van der Waals surface area contributed by atoms with Gasteiger partial charge in [0.15, 0.2) is 5.82 Å². The van der Waals surface area contributed by atoms with Crippen LogP contribution in [0.4, 0.5) is 0 Å². The van der Waals surface area contributed by atoms with Gasteiger partial charge in [-0.25, -0.2) is 4.98 Å². The van der Waals surface area contributed by atoms with E-state index in [9.17, 15) is 4.79 Å². The summed E-state index contributed by atoms with van der Waals surface area (Å²) in [5, 5.41) is 11.2. The first-order valence-corrected chi connectivity index (χ1v) is 10.8. The third kappa shape index (κ3) is 6.48. The topological polar surface area (TPSA) is 83.1 Å². The van der Waals surface area contributed by atoms with Gasteiger partial charge in [-0.2, -0.15) is 0 Å². The van der Waals surface area contributed by atoms with Gasteiger partial charge in [-0.1, -0.05) is 37.2 Å². The molecule has 1 atom stereocenters. The first-order valence-electron chi connectivity index (χ1n) is 9.41. The number of thioether (sulfide) groups is 1. The van der Waals surface area contributed by atoms with Crippen molar-refractivity contribution in [3.8, 4) is 11.4 Å². The van der Waals surface area contributed by atoms with Crippen LogP contribution in [0.5, 0.6) is 0 Å². The number of rotatable bonds is 8. The largest absolute Gasteiger partial charge is 0.374 e. The average molecular weight is 424 g/mol. The van der Waals surface area contributed by atoms with Crippen LogP contribution in [0.1, 0.15) is 13.8 Å². The second kappa shape index (κ2) is 10.2. The van der Waals surface area contributed by atoms with Crippen molar-refractivity contribution in [1.29, 1.82) is 0 Å². The van der Waals surface area contributed by atoms with Gasteiger partial charge in [-0.3, -0.25) is 14.8 Å². The van der Waals surface area contributed by atoms with Crippen molar-refractivity contribution in [2.45, 2.75) is 25.1 Å². The number of hydrogen-bond donors (Lipinski definition) is 2. The van der Waals surface area contributed by atoms with E-state index in [1.54, 1.807) is 12.1 Å². The number of ether oxygens (including phenoxy) is 1. The number of nitrogens with zero attached hydrogens (tertiary/aromatic N) is 3. The van der Waals surface area contributed by atoms with E-state index in [2.05, 4.69) is 39.2 Å². The maximum Gasteiger partial charge on any atom is 0.230 e. The number of aromatic amines is 1. The summed E-state index contributed by atoms with van der Waals surface area (Å²) in [4.78, 5) is 19.0. The van der Waals surface area contributed by atoms with E-state index in [1.165, 1.54) is 11.8 Å². The molecule has 1 fully saturated rings. The quantitative estimate of drug-likeness (QED) is 0.635. The van der Waals surface area contributed by atoms with Crippen LogP contribution in [0.15, 0.2) is 29.4 Å². The van der Waals surface area contributed by atoms with Crippen LogP contribution >= 0.6 is 23.4 Å².